The van der Waals surface area contributed by atoms with Gasteiger partial charge in [0, 0.05) is 12.5 Å². The lowest BCUT2D eigenvalue weighted by Crippen LogP contribution is -2.17. The molecule has 0 spiro atoms. The van der Waals surface area contributed by atoms with Crippen molar-refractivity contribution in [1.82, 2.24) is 14.9 Å². The summed E-state index contributed by atoms with van der Waals surface area (Å²) in [6.45, 7) is 1.86. The van der Waals surface area contributed by atoms with Crippen molar-refractivity contribution >= 4 is 23.1 Å². The Balaban J connectivity index is 1.97. The molecule has 1 fully saturated rings. The van der Waals surface area contributed by atoms with Crippen LogP contribution in [0, 0.1) is 0 Å². The highest BCUT2D eigenvalue weighted by molar-refractivity contribution is 6.32. The number of nitrogens with one attached hydrogen (secondary N) is 1. The standard InChI is InChI=1S/C12H20ClN5/c1-18(2)7-3-6-15-12-9(14)10(13)16-11(17-12)8-4-5-8/h8H,3-7,14H2,1-2H3,(H,15,16,17). The summed E-state index contributed by atoms with van der Waals surface area (Å²) in [6, 6.07) is 0. The highest BCUT2D eigenvalue weighted by Crippen LogP contribution is 2.40. The minimum atomic E-state index is 0.363. The first-order valence-corrected chi connectivity index (χ1v) is 6.67. The van der Waals surface area contributed by atoms with Gasteiger partial charge in [-0.15, -0.1) is 0 Å². The molecule has 1 aliphatic carbocycles. The molecule has 1 saturated carbocycles. The summed E-state index contributed by atoms with van der Waals surface area (Å²) in [5.41, 5.74) is 6.33. The molecule has 6 heteroatoms. The molecule has 1 aromatic rings. The summed E-state index contributed by atoms with van der Waals surface area (Å²) in [5, 5.41) is 3.61. The molecular weight excluding hydrogens is 250 g/mol. The van der Waals surface area contributed by atoms with Crippen molar-refractivity contribution in [3.05, 3.63) is 11.0 Å². The third-order valence-corrected chi connectivity index (χ3v) is 3.22. The normalized spacial score (nSPS) is 15.1. The molecule has 0 atom stereocenters. The molecule has 18 heavy (non-hydrogen) atoms. The van der Waals surface area contributed by atoms with Gasteiger partial charge in [0.05, 0.1) is 0 Å². The summed E-state index contributed by atoms with van der Waals surface area (Å²) >= 11 is 6.03. The zero-order valence-corrected chi connectivity index (χ0v) is 11.7. The fraction of sp³-hybridized carbons (Fsp3) is 0.667. The predicted octanol–water partition coefficient (Wildman–Crippen LogP) is 1.95. The van der Waals surface area contributed by atoms with Gasteiger partial charge >= 0.3 is 0 Å². The van der Waals surface area contributed by atoms with Crippen LogP contribution in [0.4, 0.5) is 11.5 Å². The second-order valence-corrected chi connectivity index (χ2v) is 5.35. The van der Waals surface area contributed by atoms with E-state index in [9.17, 15) is 0 Å². The van der Waals surface area contributed by atoms with Gasteiger partial charge in [-0.2, -0.15) is 0 Å². The lowest BCUT2D eigenvalue weighted by molar-refractivity contribution is 0.405. The molecule has 0 saturated heterocycles. The Kier molecular flexibility index (Phi) is 4.24. The van der Waals surface area contributed by atoms with E-state index in [1.807, 2.05) is 0 Å². The lowest BCUT2D eigenvalue weighted by atomic mass is 10.3. The smallest absolute Gasteiger partial charge is 0.157 e. The fourth-order valence-corrected chi connectivity index (χ4v) is 1.90. The monoisotopic (exact) mass is 269 g/mol. The number of halogens is 1. The van der Waals surface area contributed by atoms with Crippen molar-refractivity contribution in [2.45, 2.75) is 25.2 Å². The number of anilines is 2. The molecule has 0 amide bonds. The van der Waals surface area contributed by atoms with E-state index < -0.39 is 0 Å². The molecule has 0 aromatic carbocycles. The van der Waals surface area contributed by atoms with Gasteiger partial charge in [0.2, 0.25) is 0 Å². The van der Waals surface area contributed by atoms with Crippen molar-refractivity contribution in [2.75, 3.05) is 38.2 Å². The molecule has 3 N–H and O–H groups in total. The van der Waals surface area contributed by atoms with Gasteiger partial charge in [-0.3, -0.25) is 0 Å². The van der Waals surface area contributed by atoms with Crippen LogP contribution in [-0.2, 0) is 0 Å². The largest absolute Gasteiger partial charge is 0.393 e. The van der Waals surface area contributed by atoms with E-state index in [4.69, 9.17) is 17.3 Å². The number of hydrogen-bond donors (Lipinski definition) is 2. The van der Waals surface area contributed by atoms with E-state index >= 15 is 0 Å². The first-order valence-electron chi connectivity index (χ1n) is 6.29. The van der Waals surface area contributed by atoms with Gasteiger partial charge < -0.3 is 16.0 Å². The Morgan fingerprint density at radius 2 is 2.11 bits per heavy atom. The number of nitrogens with two attached hydrogens (primary N) is 1. The van der Waals surface area contributed by atoms with Gasteiger partial charge in [-0.25, -0.2) is 9.97 Å². The number of hydrogen-bond acceptors (Lipinski definition) is 5. The summed E-state index contributed by atoms with van der Waals surface area (Å²) in [4.78, 5) is 10.8. The molecule has 1 heterocycles. The maximum absolute atomic E-state index is 6.03. The molecule has 0 radical (unpaired) electrons. The van der Waals surface area contributed by atoms with Gasteiger partial charge in [0.15, 0.2) is 11.0 Å². The Morgan fingerprint density at radius 3 is 2.72 bits per heavy atom. The van der Waals surface area contributed by atoms with Crippen LogP contribution in [0.2, 0.25) is 5.15 Å². The molecule has 0 unspecified atom stereocenters. The zero-order chi connectivity index (χ0) is 13.1. The molecular formula is C12H20ClN5. The molecule has 100 valence electrons. The second-order valence-electron chi connectivity index (χ2n) is 4.99. The quantitative estimate of drug-likeness (QED) is 0.610. The Bertz CT molecular complexity index is 417. The third-order valence-electron chi connectivity index (χ3n) is 2.93. The van der Waals surface area contributed by atoms with Crippen LogP contribution < -0.4 is 11.1 Å². The van der Waals surface area contributed by atoms with Crippen molar-refractivity contribution in [1.29, 1.82) is 0 Å². The van der Waals surface area contributed by atoms with Crippen LogP contribution in [0.1, 0.15) is 31.0 Å². The third kappa shape index (κ3) is 3.46. The van der Waals surface area contributed by atoms with Crippen molar-refractivity contribution in [3.63, 3.8) is 0 Å². The average molecular weight is 270 g/mol. The van der Waals surface area contributed by atoms with Gasteiger partial charge in [-0.05, 0) is 39.9 Å². The van der Waals surface area contributed by atoms with Gasteiger partial charge in [-0.1, -0.05) is 11.6 Å². The van der Waals surface area contributed by atoms with E-state index in [1.54, 1.807) is 0 Å². The highest BCUT2D eigenvalue weighted by Gasteiger charge is 2.28. The Labute approximate surface area is 113 Å². The molecule has 5 nitrogen and oxygen atoms in total. The van der Waals surface area contributed by atoms with E-state index in [0.717, 1.165) is 38.2 Å². The van der Waals surface area contributed by atoms with E-state index in [2.05, 4.69) is 34.3 Å². The van der Waals surface area contributed by atoms with Crippen LogP contribution >= 0.6 is 11.6 Å². The molecule has 0 bridgehead atoms. The van der Waals surface area contributed by atoms with E-state index in [0.29, 0.717) is 22.6 Å². The van der Waals surface area contributed by atoms with Crippen molar-refractivity contribution < 1.29 is 0 Å². The lowest BCUT2D eigenvalue weighted by Gasteiger charge is -2.12. The average Bonchev–Trinajstić information content (AvgIpc) is 3.13. The minimum absolute atomic E-state index is 0.363. The molecule has 1 aliphatic rings. The number of aromatic nitrogens is 2. The van der Waals surface area contributed by atoms with Crippen molar-refractivity contribution in [3.8, 4) is 0 Å². The SMILES string of the molecule is CN(C)CCCNc1nc(C2CC2)nc(Cl)c1N. The maximum Gasteiger partial charge on any atom is 0.157 e. The minimum Gasteiger partial charge on any atom is -0.393 e. The van der Waals surface area contributed by atoms with Crippen LogP contribution in [0.25, 0.3) is 0 Å². The summed E-state index contributed by atoms with van der Waals surface area (Å²) in [5.74, 6) is 1.98. The number of nitrogens with zero attached hydrogens (tertiary/aromatic N) is 3. The fourth-order valence-electron chi connectivity index (χ4n) is 1.72. The second kappa shape index (κ2) is 5.71. The summed E-state index contributed by atoms with van der Waals surface area (Å²) in [7, 11) is 4.11. The maximum atomic E-state index is 6.03. The summed E-state index contributed by atoms with van der Waals surface area (Å²) in [6.07, 6.45) is 3.34. The van der Waals surface area contributed by atoms with Gasteiger partial charge in [0.1, 0.15) is 11.5 Å². The van der Waals surface area contributed by atoms with Crippen LogP contribution in [0.3, 0.4) is 0 Å². The topological polar surface area (TPSA) is 67.1 Å². The van der Waals surface area contributed by atoms with Crippen LogP contribution in [0.15, 0.2) is 0 Å². The first kappa shape index (κ1) is 13.4. The molecule has 0 aliphatic heterocycles. The Hall–Kier alpha value is -1.07. The van der Waals surface area contributed by atoms with Gasteiger partial charge in [0.25, 0.3) is 0 Å². The van der Waals surface area contributed by atoms with Crippen molar-refractivity contribution in [2.24, 2.45) is 0 Å². The van der Waals surface area contributed by atoms with Crippen LogP contribution in [-0.4, -0.2) is 42.1 Å². The zero-order valence-electron chi connectivity index (χ0n) is 10.9. The summed E-state index contributed by atoms with van der Waals surface area (Å²) < 4.78 is 0. The highest BCUT2D eigenvalue weighted by atomic mass is 35.5. The number of rotatable bonds is 6. The predicted molar refractivity (Wildman–Crippen MR) is 75.1 cm³/mol. The van der Waals surface area contributed by atoms with Crippen LogP contribution in [0.5, 0.6) is 0 Å². The Morgan fingerprint density at radius 1 is 1.39 bits per heavy atom. The van der Waals surface area contributed by atoms with E-state index in [-0.39, 0.29) is 0 Å². The molecule has 1 aromatic heterocycles. The first-order chi connectivity index (χ1) is 8.58. The number of nitrogen functional groups attached to an aromatic ring is 1. The molecule has 2 rings (SSSR count). The van der Waals surface area contributed by atoms with E-state index in [1.165, 1.54) is 0 Å².